The Morgan fingerprint density at radius 2 is 2.47 bits per heavy atom. The minimum Gasteiger partial charge on any atom is -0.481 e. The third-order valence-electron chi connectivity index (χ3n) is 2.39. The first-order valence-corrected chi connectivity index (χ1v) is 4.83. The van der Waals surface area contributed by atoms with E-state index in [-0.39, 0.29) is 6.42 Å². The Kier molecular flexibility index (Phi) is 2.45. The number of aliphatic carboxylic acids is 1. The zero-order valence-electron chi connectivity index (χ0n) is 8.53. The number of carbonyl (C=O) groups is 1. The first-order valence-electron chi connectivity index (χ1n) is 4.83. The molecule has 0 aromatic carbocycles. The first kappa shape index (κ1) is 9.76. The van der Waals surface area contributed by atoms with Crippen LogP contribution in [0.15, 0.2) is 12.1 Å². The standard InChI is InChI=1S/C10H13N3O2/c1-13-5-4-11-8-3-2-7(6-9(14)15)12-10(8)13/h2-3,11H,4-6H2,1H3,(H,14,15). The van der Waals surface area contributed by atoms with Crippen molar-refractivity contribution in [3.63, 3.8) is 0 Å². The maximum absolute atomic E-state index is 10.5. The molecule has 0 atom stereocenters. The van der Waals surface area contributed by atoms with Crippen molar-refractivity contribution < 1.29 is 9.90 Å². The van der Waals surface area contributed by atoms with E-state index in [0.29, 0.717) is 5.69 Å². The number of rotatable bonds is 2. The summed E-state index contributed by atoms with van der Waals surface area (Å²) in [4.78, 5) is 16.9. The third kappa shape index (κ3) is 2.01. The average Bonchev–Trinajstić information content (AvgIpc) is 2.18. The summed E-state index contributed by atoms with van der Waals surface area (Å²) in [6.07, 6.45) is -0.0267. The number of carboxylic acids is 1. The number of likely N-dealkylation sites (N-methyl/N-ethyl adjacent to an activating group) is 1. The lowest BCUT2D eigenvalue weighted by atomic mass is 10.2. The number of nitrogens with one attached hydrogen (secondary N) is 1. The van der Waals surface area contributed by atoms with Crippen molar-refractivity contribution in [1.82, 2.24) is 4.98 Å². The molecule has 2 heterocycles. The molecular weight excluding hydrogens is 194 g/mol. The van der Waals surface area contributed by atoms with Gasteiger partial charge in [0.25, 0.3) is 0 Å². The molecule has 2 rings (SSSR count). The quantitative estimate of drug-likeness (QED) is 0.742. The van der Waals surface area contributed by atoms with Gasteiger partial charge in [-0.05, 0) is 12.1 Å². The van der Waals surface area contributed by atoms with E-state index in [4.69, 9.17) is 5.11 Å². The Bertz CT molecular complexity index is 392. The molecule has 1 aliphatic rings. The van der Waals surface area contributed by atoms with Crippen molar-refractivity contribution in [3.8, 4) is 0 Å². The predicted octanol–water partition coefficient (Wildman–Crippen LogP) is 0.570. The van der Waals surface area contributed by atoms with Gasteiger partial charge >= 0.3 is 5.97 Å². The fraction of sp³-hybridized carbons (Fsp3) is 0.400. The lowest BCUT2D eigenvalue weighted by Gasteiger charge is -2.27. The van der Waals surface area contributed by atoms with Crippen molar-refractivity contribution in [2.24, 2.45) is 0 Å². The van der Waals surface area contributed by atoms with Gasteiger partial charge in [-0.2, -0.15) is 0 Å². The highest BCUT2D eigenvalue weighted by molar-refractivity contribution is 5.72. The number of fused-ring (bicyclic) bond motifs is 1. The van der Waals surface area contributed by atoms with Gasteiger partial charge in [0.2, 0.25) is 0 Å². The van der Waals surface area contributed by atoms with Crippen LogP contribution in [0.4, 0.5) is 11.5 Å². The largest absolute Gasteiger partial charge is 0.481 e. The summed E-state index contributed by atoms with van der Waals surface area (Å²) in [5.74, 6) is -0.0196. The topological polar surface area (TPSA) is 65.5 Å². The highest BCUT2D eigenvalue weighted by Gasteiger charge is 2.15. The summed E-state index contributed by atoms with van der Waals surface area (Å²) in [5, 5.41) is 11.9. The molecule has 0 unspecified atom stereocenters. The molecule has 0 amide bonds. The van der Waals surface area contributed by atoms with E-state index in [1.54, 1.807) is 6.07 Å². The van der Waals surface area contributed by atoms with E-state index >= 15 is 0 Å². The van der Waals surface area contributed by atoms with Crippen LogP contribution in [-0.2, 0) is 11.2 Å². The minimum atomic E-state index is -0.853. The molecular formula is C10H13N3O2. The molecule has 0 fully saturated rings. The molecule has 5 heteroatoms. The van der Waals surface area contributed by atoms with E-state index in [9.17, 15) is 4.79 Å². The number of aromatic nitrogens is 1. The van der Waals surface area contributed by atoms with E-state index in [2.05, 4.69) is 10.3 Å². The van der Waals surface area contributed by atoms with Crippen LogP contribution in [0, 0.1) is 0 Å². The van der Waals surface area contributed by atoms with Crippen LogP contribution < -0.4 is 10.2 Å². The van der Waals surface area contributed by atoms with Gasteiger partial charge in [0, 0.05) is 20.1 Å². The lowest BCUT2D eigenvalue weighted by molar-refractivity contribution is -0.136. The van der Waals surface area contributed by atoms with Crippen molar-refractivity contribution in [1.29, 1.82) is 0 Å². The normalized spacial score (nSPS) is 14.3. The van der Waals surface area contributed by atoms with Crippen molar-refractivity contribution in [2.75, 3.05) is 30.4 Å². The van der Waals surface area contributed by atoms with Crippen molar-refractivity contribution in [3.05, 3.63) is 17.8 Å². The van der Waals surface area contributed by atoms with Gasteiger partial charge in [-0.25, -0.2) is 4.98 Å². The maximum Gasteiger partial charge on any atom is 0.309 e. The average molecular weight is 207 g/mol. The second-order valence-corrected chi connectivity index (χ2v) is 3.59. The molecule has 1 aromatic heterocycles. The molecule has 5 nitrogen and oxygen atoms in total. The van der Waals surface area contributed by atoms with Gasteiger partial charge < -0.3 is 15.3 Å². The summed E-state index contributed by atoms with van der Waals surface area (Å²) in [5.41, 5.74) is 1.56. The van der Waals surface area contributed by atoms with E-state index in [1.807, 2.05) is 18.0 Å². The number of anilines is 2. The van der Waals surface area contributed by atoms with E-state index in [1.165, 1.54) is 0 Å². The second kappa shape index (κ2) is 3.76. The summed E-state index contributed by atoms with van der Waals surface area (Å²) >= 11 is 0. The zero-order valence-corrected chi connectivity index (χ0v) is 8.53. The highest BCUT2D eigenvalue weighted by Crippen LogP contribution is 2.25. The Labute approximate surface area is 87.7 Å². The molecule has 0 saturated heterocycles. The molecule has 0 radical (unpaired) electrons. The Morgan fingerprint density at radius 3 is 3.20 bits per heavy atom. The Morgan fingerprint density at radius 1 is 1.67 bits per heavy atom. The van der Waals surface area contributed by atoms with Gasteiger partial charge in [0.05, 0.1) is 17.8 Å². The van der Waals surface area contributed by atoms with Crippen molar-refractivity contribution >= 4 is 17.5 Å². The molecule has 80 valence electrons. The fourth-order valence-electron chi connectivity index (χ4n) is 1.63. The van der Waals surface area contributed by atoms with Gasteiger partial charge in [-0.3, -0.25) is 4.79 Å². The lowest BCUT2D eigenvalue weighted by Crippen LogP contribution is -2.31. The van der Waals surface area contributed by atoms with Crippen molar-refractivity contribution in [2.45, 2.75) is 6.42 Å². The second-order valence-electron chi connectivity index (χ2n) is 3.59. The molecule has 2 N–H and O–H groups in total. The van der Waals surface area contributed by atoms with Gasteiger partial charge in [0.15, 0.2) is 5.82 Å². The monoisotopic (exact) mass is 207 g/mol. The maximum atomic E-state index is 10.5. The molecule has 0 bridgehead atoms. The minimum absolute atomic E-state index is 0.0267. The predicted molar refractivity (Wildman–Crippen MR) is 57.3 cm³/mol. The SMILES string of the molecule is CN1CCNc2ccc(CC(=O)O)nc21. The summed E-state index contributed by atoms with van der Waals surface area (Å²) in [6, 6.07) is 3.63. The van der Waals surface area contributed by atoms with Gasteiger partial charge in [0.1, 0.15) is 0 Å². The Hall–Kier alpha value is -1.78. The molecule has 15 heavy (non-hydrogen) atoms. The summed E-state index contributed by atoms with van der Waals surface area (Å²) in [7, 11) is 1.96. The third-order valence-corrected chi connectivity index (χ3v) is 2.39. The van der Waals surface area contributed by atoms with E-state index in [0.717, 1.165) is 24.6 Å². The zero-order chi connectivity index (χ0) is 10.8. The molecule has 1 aliphatic heterocycles. The van der Waals surface area contributed by atoms with E-state index < -0.39 is 5.97 Å². The molecule has 0 spiro atoms. The van der Waals surface area contributed by atoms with Gasteiger partial charge in [-0.1, -0.05) is 0 Å². The van der Waals surface area contributed by atoms with Crippen LogP contribution in [0.2, 0.25) is 0 Å². The van der Waals surface area contributed by atoms with Crippen LogP contribution in [0.1, 0.15) is 5.69 Å². The number of hydrogen-bond donors (Lipinski definition) is 2. The number of carboxylic acid groups (broad SMARTS) is 1. The molecule has 1 aromatic rings. The first-order chi connectivity index (χ1) is 7.16. The number of nitrogens with zero attached hydrogens (tertiary/aromatic N) is 2. The van der Waals surface area contributed by atoms with Crippen LogP contribution in [0.5, 0.6) is 0 Å². The summed E-state index contributed by atoms with van der Waals surface area (Å²) < 4.78 is 0. The molecule has 0 aliphatic carbocycles. The van der Waals surface area contributed by atoms with Gasteiger partial charge in [-0.15, -0.1) is 0 Å². The number of pyridine rings is 1. The van der Waals surface area contributed by atoms with Crippen LogP contribution in [0.25, 0.3) is 0 Å². The highest BCUT2D eigenvalue weighted by atomic mass is 16.4. The van der Waals surface area contributed by atoms with Crippen LogP contribution >= 0.6 is 0 Å². The van der Waals surface area contributed by atoms with Crippen LogP contribution in [-0.4, -0.2) is 36.2 Å². The smallest absolute Gasteiger partial charge is 0.309 e. The Balaban J connectivity index is 2.31. The number of hydrogen-bond acceptors (Lipinski definition) is 4. The fourth-order valence-corrected chi connectivity index (χ4v) is 1.63. The van der Waals surface area contributed by atoms with Crippen LogP contribution in [0.3, 0.4) is 0 Å². The molecule has 0 saturated carbocycles. The summed E-state index contributed by atoms with van der Waals surface area (Å²) in [6.45, 7) is 1.78.